The SMILES string of the molecule is CCN(CCNC(=O)N1CCC[C@@H](c2n[nH]c(C)n2)C1)c1cccc(C)c1. The van der Waals surface area contributed by atoms with E-state index in [4.69, 9.17) is 0 Å². The molecule has 0 spiro atoms. The number of H-pyrrole nitrogens is 1. The van der Waals surface area contributed by atoms with Crippen LogP contribution < -0.4 is 10.2 Å². The van der Waals surface area contributed by atoms with E-state index in [0.717, 1.165) is 44.1 Å². The number of likely N-dealkylation sites (tertiary alicyclic amines) is 1. The first-order valence-corrected chi connectivity index (χ1v) is 9.80. The summed E-state index contributed by atoms with van der Waals surface area (Å²) in [5, 5.41) is 10.2. The van der Waals surface area contributed by atoms with Crippen LogP contribution in [0.4, 0.5) is 10.5 Å². The van der Waals surface area contributed by atoms with Gasteiger partial charge in [-0.2, -0.15) is 5.10 Å². The number of nitrogens with zero attached hydrogens (tertiary/aromatic N) is 4. The van der Waals surface area contributed by atoms with E-state index in [0.29, 0.717) is 13.1 Å². The third-order valence-corrected chi connectivity index (χ3v) is 5.09. The van der Waals surface area contributed by atoms with Crippen molar-refractivity contribution in [1.82, 2.24) is 25.4 Å². The lowest BCUT2D eigenvalue weighted by atomic mass is 9.98. The third kappa shape index (κ3) is 4.99. The van der Waals surface area contributed by atoms with Crippen LogP contribution in [-0.2, 0) is 0 Å². The van der Waals surface area contributed by atoms with Gasteiger partial charge in [0.05, 0.1) is 0 Å². The number of aromatic nitrogens is 3. The molecular formula is C20H30N6O. The Balaban J connectivity index is 1.49. The minimum Gasteiger partial charge on any atom is -0.370 e. The molecule has 1 aromatic carbocycles. The molecule has 7 nitrogen and oxygen atoms in total. The molecule has 27 heavy (non-hydrogen) atoms. The molecule has 0 bridgehead atoms. The minimum absolute atomic E-state index is 0.00672. The van der Waals surface area contributed by atoms with Crippen LogP contribution in [-0.4, -0.2) is 58.8 Å². The molecule has 1 aliphatic rings. The van der Waals surface area contributed by atoms with Crippen molar-refractivity contribution in [2.75, 3.05) is 37.6 Å². The summed E-state index contributed by atoms with van der Waals surface area (Å²) >= 11 is 0. The molecule has 1 saturated heterocycles. The first-order valence-electron chi connectivity index (χ1n) is 9.80. The van der Waals surface area contributed by atoms with Crippen molar-refractivity contribution >= 4 is 11.7 Å². The van der Waals surface area contributed by atoms with Gasteiger partial charge in [-0.3, -0.25) is 5.10 Å². The first kappa shape index (κ1) is 19.2. The second kappa shape index (κ2) is 8.88. The number of hydrogen-bond donors (Lipinski definition) is 2. The van der Waals surface area contributed by atoms with E-state index in [1.165, 1.54) is 11.3 Å². The zero-order valence-electron chi connectivity index (χ0n) is 16.5. The second-order valence-corrected chi connectivity index (χ2v) is 7.21. The summed E-state index contributed by atoms with van der Waals surface area (Å²) in [5.74, 6) is 1.86. The number of piperidine rings is 1. The van der Waals surface area contributed by atoms with Crippen molar-refractivity contribution in [3.8, 4) is 0 Å². The Hall–Kier alpha value is -2.57. The maximum atomic E-state index is 12.6. The van der Waals surface area contributed by atoms with Crippen LogP contribution in [0.5, 0.6) is 0 Å². The molecule has 1 aromatic heterocycles. The van der Waals surface area contributed by atoms with Crippen LogP contribution in [0.1, 0.15) is 42.9 Å². The van der Waals surface area contributed by atoms with Gasteiger partial charge < -0.3 is 15.1 Å². The predicted molar refractivity (Wildman–Crippen MR) is 107 cm³/mol. The highest BCUT2D eigenvalue weighted by Crippen LogP contribution is 2.24. The molecule has 7 heteroatoms. The molecule has 1 fully saturated rings. The summed E-state index contributed by atoms with van der Waals surface area (Å²) in [4.78, 5) is 21.2. The van der Waals surface area contributed by atoms with Gasteiger partial charge in [0.15, 0.2) is 5.82 Å². The third-order valence-electron chi connectivity index (χ3n) is 5.09. The average molecular weight is 371 g/mol. The van der Waals surface area contributed by atoms with Crippen molar-refractivity contribution in [3.63, 3.8) is 0 Å². The van der Waals surface area contributed by atoms with Gasteiger partial charge in [0.25, 0.3) is 0 Å². The van der Waals surface area contributed by atoms with Crippen LogP contribution >= 0.6 is 0 Å². The van der Waals surface area contributed by atoms with Gasteiger partial charge in [-0.1, -0.05) is 12.1 Å². The van der Waals surface area contributed by atoms with Gasteiger partial charge in [-0.25, -0.2) is 9.78 Å². The van der Waals surface area contributed by atoms with Crippen molar-refractivity contribution in [2.45, 2.75) is 39.5 Å². The number of carbonyl (C=O) groups excluding carboxylic acids is 1. The normalized spacial score (nSPS) is 17.0. The molecule has 0 aliphatic carbocycles. The summed E-state index contributed by atoms with van der Waals surface area (Å²) in [6, 6.07) is 8.48. The number of aromatic amines is 1. The number of rotatable bonds is 6. The fourth-order valence-corrected chi connectivity index (χ4v) is 3.62. The van der Waals surface area contributed by atoms with Crippen molar-refractivity contribution in [1.29, 1.82) is 0 Å². The van der Waals surface area contributed by atoms with Crippen LogP contribution in [0.3, 0.4) is 0 Å². The summed E-state index contributed by atoms with van der Waals surface area (Å²) in [6.07, 6.45) is 2.01. The van der Waals surface area contributed by atoms with Crippen molar-refractivity contribution in [2.24, 2.45) is 0 Å². The minimum atomic E-state index is 0.00672. The topological polar surface area (TPSA) is 77.2 Å². The van der Waals surface area contributed by atoms with Crippen molar-refractivity contribution < 1.29 is 4.79 Å². The maximum Gasteiger partial charge on any atom is 0.317 e. The Morgan fingerprint density at radius 3 is 2.96 bits per heavy atom. The largest absolute Gasteiger partial charge is 0.370 e. The monoisotopic (exact) mass is 370 g/mol. The molecule has 0 radical (unpaired) electrons. The van der Waals surface area contributed by atoms with Crippen molar-refractivity contribution in [3.05, 3.63) is 41.5 Å². The van der Waals surface area contributed by atoms with Gasteiger partial charge in [-0.15, -0.1) is 0 Å². The lowest BCUT2D eigenvalue weighted by Crippen LogP contribution is -2.47. The average Bonchev–Trinajstić information content (AvgIpc) is 3.11. The number of urea groups is 1. The first-order chi connectivity index (χ1) is 13.1. The van der Waals surface area contributed by atoms with Crippen LogP contribution in [0, 0.1) is 13.8 Å². The molecule has 2 aromatic rings. The fourth-order valence-electron chi connectivity index (χ4n) is 3.62. The molecule has 2 N–H and O–H groups in total. The second-order valence-electron chi connectivity index (χ2n) is 7.21. The highest BCUT2D eigenvalue weighted by atomic mass is 16.2. The fraction of sp³-hybridized carbons (Fsp3) is 0.550. The van der Waals surface area contributed by atoms with E-state index in [9.17, 15) is 4.79 Å². The Labute approximate surface area is 161 Å². The Bertz CT molecular complexity index is 758. The smallest absolute Gasteiger partial charge is 0.317 e. The van der Waals surface area contributed by atoms with E-state index in [1.54, 1.807) is 0 Å². The van der Waals surface area contributed by atoms with E-state index in [-0.39, 0.29) is 11.9 Å². The predicted octanol–water partition coefficient (Wildman–Crippen LogP) is 2.84. The number of nitrogens with one attached hydrogen (secondary N) is 2. The van der Waals surface area contributed by atoms with E-state index in [2.05, 4.69) is 63.5 Å². The Morgan fingerprint density at radius 2 is 2.26 bits per heavy atom. The van der Waals surface area contributed by atoms with Crippen LogP contribution in [0.15, 0.2) is 24.3 Å². The number of hydrogen-bond acceptors (Lipinski definition) is 4. The van der Waals surface area contributed by atoms with E-state index < -0.39 is 0 Å². The number of benzene rings is 1. The summed E-state index contributed by atoms with van der Waals surface area (Å²) in [7, 11) is 0. The molecule has 2 amide bonds. The van der Waals surface area contributed by atoms with Gasteiger partial charge in [0.2, 0.25) is 0 Å². The molecular weight excluding hydrogens is 340 g/mol. The molecule has 3 rings (SSSR count). The lowest BCUT2D eigenvalue weighted by molar-refractivity contribution is 0.178. The molecule has 0 saturated carbocycles. The van der Waals surface area contributed by atoms with E-state index in [1.807, 2.05) is 11.8 Å². The Kier molecular flexibility index (Phi) is 6.32. The zero-order valence-corrected chi connectivity index (χ0v) is 16.5. The molecule has 1 aliphatic heterocycles. The van der Waals surface area contributed by atoms with Gasteiger partial charge in [-0.05, 0) is 51.3 Å². The zero-order chi connectivity index (χ0) is 19.2. The van der Waals surface area contributed by atoms with Gasteiger partial charge in [0, 0.05) is 44.3 Å². The van der Waals surface area contributed by atoms with Gasteiger partial charge >= 0.3 is 6.03 Å². The summed E-state index contributed by atoms with van der Waals surface area (Å²) in [6.45, 7) is 9.94. The lowest BCUT2D eigenvalue weighted by Gasteiger charge is -2.32. The highest BCUT2D eigenvalue weighted by Gasteiger charge is 2.27. The van der Waals surface area contributed by atoms with Gasteiger partial charge in [0.1, 0.15) is 5.82 Å². The summed E-state index contributed by atoms with van der Waals surface area (Å²) < 4.78 is 0. The number of likely N-dealkylation sites (N-methyl/N-ethyl adjacent to an activating group) is 1. The molecule has 146 valence electrons. The molecule has 2 heterocycles. The van der Waals surface area contributed by atoms with Crippen LogP contribution in [0.2, 0.25) is 0 Å². The maximum absolute atomic E-state index is 12.6. The summed E-state index contributed by atoms with van der Waals surface area (Å²) in [5.41, 5.74) is 2.45. The quantitative estimate of drug-likeness (QED) is 0.820. The number of amides is 2. The number of carbonyl (C=O) groups is 1. The Morgan fingerprint density at radius 1 is 1.41 bits per heavy atom. The standard InChI is InChI=1S/C20H30N6O/c1-4-25(18-9-5-7-15(2)13-18)12-10-21-20(27)26-11-6-8-17(14-26)19-22-16(3)23-24-19/h5,7,9,13,17H,4,6,8,10-12,14H2,1-3H3,(H,21,27)(H,22,23,24)/t17-/m1/s1. The molecule has 1 atom stereocenters. The number of aryl methyl sites for hydroxylation is 2. The van der Waals surface area contributed by atoms with E-state index >= 15 is 0 Å². The molecule has 0 unspecified atom stereocenters. The highest BCUT2D eigenvalue weighted by molar-refractivity contribution is 5.74. The number of anilines is 1. The van der Waals surface area contributed by atoms with Crippen LogP contribution in [0.25, 0.3) is 0 Å².